The van der Waals surface area contributed by atoms with E-state index in [1.807, 2.05) is 0 Å². The molecule has 0 spiro atoms. The third-order valence-corrected chi connectivity index (χ3v) is 0. The minimum atomic E-state index is 0. The second-order valence-corrected chi connectivity index (χ2v) is 0. The fraction of sp³-hybridized carbons (Fsp3) is 0. The molecule has 0 fully saturated rings. The summed E-state index contributed by atoms with van der Waals surface area (Å²) >= 11 is 0. The van der Waals surface area contributed by atoms with Crippen LogP contribution in [0.15, 0.2) is 0 Å². The molecule has 0 aromatic heterocycles. The predicted octanol–water partition coefficient (Wildman–Crippen LogP) is -0.832. The van der Waals surface area contributed by atoms with Crippen molar-refractivity contribution in [3.63, 3.8) is 0 Å². The van der Waals surface area contributed by atoms with E-state index >= 15 is 0 Å². The van der Waals surface area contributed by atoms with Gasteiger partial charge in [0.25, 0.3) is 0 Å². The Morgan fingerprint density at radius 2 is 1.00 bits per heavy atom. The van der Waals surface area contributed by atoms with Gasteiger partial charge in [-0.15, -0.1) is 0 Å². The van der Waals surface area contributed by atoms with Gasteiger partial charge in [0.1, 0.15) is 0 Å². The summed E-state index contributed by atoms with van der Waals surface area (Å²) in [5.41, 5.74) is 0. The van der Waals surface area contributed by atoms with E-state index in [-0.39, 0.29) is 107 Å². The Morgan fingerprint density at radius 3 is 1.00 bits per heavy atom. The summed E-state index contributed by atoms with van der Waals surface area (Å²) in [7, 11) is 0. The molecule has 33 valence electrons. The molecule has 0 aliphatic heterocycles. The Bertz CT molecular complexity index is 11.6. The van der Waals surface area contributed by atoms with Crippen molar-refractivity contribution in [2.75, 3.05) is 0 Å². The van der Waals surface area contributed by atoms with Crippen molar-refractivity contribution in [3.05, 3.63) is 0 Å². The summed E-state index contributed by atoms with van der Waals surface area (Å²) in [6.07, 6.45) is 0. The minimum absolute atomic E-state index is 0. The van der Waals surface area contributed by atoms with Gasteiger partial charge >= 0.3 is 0 Å². The van der Waals surface area contributed by atoms with E-state index in [0.29, 0.717) is 0 Å². The summed E-state index contributed by atoms with van der Waals surface area (Å²) in [5, 5.41) is 0. The summed E-state index contributed by atoms with van der Waals surface area (Å²) in [6.45, 7) is 0. The molecule has 0 aromatic rings. The number of rotatable bonds is 0. The van der Waals surface area contributed by atoms with Gasteiger partial charge in [0.2, 0.25) is 0 Å². The zero-order chi connectivity index (χ0) is 0. The Morgan fingerprint density at radius 1 is 1.00 bits per heavy atom. The Hall–Kier alpha value is 3.23. The molecule has 0 aliphatic rings. The maximum atomic E-state index is 0. The molecule has 0 heterocycles. The second kappa shape index (κ2) is 26.9. The van der Waals surface area contributed by atoms with Gasteiger partial charge in [-0.2, -0.15) is 0 Å². The van der Waals surface area contributed by atoms with Crippen molar-refractivity contribution < 1.29 is 107 Å². The quantitative estimate of drug-likeness (QED) is 0.504. The topological polar surface area (TPSA) is 31.5 Å². The molecule has 0 saturated heterocycles. The number of hydrogen-bond acceptors (Lipinski definition) is 0. The molecule has 0 aliphatic carbocycles. The average molecular weight is 363 g/mol. The van der Waals surface area contributed by atoms with Crippen molar-refractivity contribution in [3.8, 4) is 0 Å². The van der Waals surface area contributed by atoms with Crippen LogP contribution >= 0.6 is 0 Å². The summed E-state index contributed by atoms with van der Waals surface area (Å²) in [5.74, 6) is 0. The molecule has 0 aromatic carbocycles. The van der Waals surface area contributed by atoms with Crippen LogP contribution in [0.1, 0.15) is 0 Å². The monoisotopic (exact) mass is 361 g/mol. The summed E-state index contributed by atoms with van der Waals surface area (Å²) in [6, 6.07) is 0. The summed E-state index contributed by atoms with van der Waals surface area (Å²) < 4.78 is 0. The molecule has 0 saturated carbocycles. The maximum absolute atomic E-state index is 0. The van der Waals surface area contributed by atoms with E-state index in [4.69, 9.17) is 0 Å². The zero-order valence-corrected chi connectivity index (χ0v) is 9.96. The molecule has 2 N–H and O–H groups in total. The van der Waals surface area contributed by atoms with Gasteiger partial charge in [0, 0.05) is 102 Å². The van der Waals surface area contributed by atoms with Gasteiger partial charge in [0.05, 0.1) is 0 Å². The van der Waals surface area contributed by atoms with E-state index in [2.05, 4.69) is 0 Å². The van der Waals surface area contributed by atoms with E-state index < -0.39 is 0 Å². The first-order valence-corrected chi connectivity index (χ1v) is 0. The molecule has 1 radical (unpaired) electrons. The van der Waals surface area contributed by atoms with Gasteiger partial charge in [-0.1, -0.05) is 0 Å². The molecule has 1 nitrogen and oxygen atoms in total. The van der Waals surface area contributed by atoms with Crippen molar-refractivity contribution >= 4 is 0 Å². The fourth-order valence-corrected chi connectivity index (χ4v) is 0. The van der Waals surface area contributed by atoms with E-state index in [9.17, 15) is 0 Å². The van der Waals surface area contributed by atoms with Crippen LogP contribution in [0.5, 0.6) is 0 Å². The Balaban J connectivity index is 0. The van der Waals surface area contributed by atoms with Gasteiger partial charge in [-0.3, -0.25) is 0 Å². The fourth-order valence-electron chi connectivity index (χ4n) is 0. The summed E-state index contributed by atoms with van der Waals surface area (Å²) in [4.78, 5) is 0. The third-order valence-electron chi connectivity index (χ3n) is 0. The van der Waals surface area contributed by atoms with Crippen molar-refractivity contribution in [1.29, 1.82) is 0 Å². The van der Waals surface area contributed by atoms with Gasteiger partial charge in [-0.05, 0) is 0 Å². The Kier molecular flexibility index (Phi) is 222. The van der Waals surface area contributed by atoms with Crippen molar-refractivity contribution in [2.24, 2.45) is 0 Å². The molecular formula is H2CeMnNiOZr. The molecule has 0 amide bonds. The molecule has 5 heavy (non-hydrogen) atoms. The molecular weight excluding hydrogens is 361 g/mol. The molecule has 0 atom stereocenters. The SMILES string of the molecule is O.[Ce].[Mn].[Ni].[Zr]. The van der Waals surface area contributed by atoms with Crippen LogP contribution in [-0.2, 0) is 59.8 Å². The van der Waals surface area contributed by atoms with E-state index in [1.165, 1.54) is 0 Å². The van der Waals surface area contributed by atoms with Crippen LogP contribution in [-0.4, -0.2) is 5.48 Å². The van der Waals surface area contributed by atoms with Crippen molar-refractivity contribution in [2.45, 2.75) is 0 Å². The second-order valence-electron chi connectivity index (χ2n) is 0. The molecule has 5 heteroatoms. The van der Waals surface area contributed by atoms with Crippen LogP contribution in [0, 0.1) is 41.7 Å². The normalized spacial score (nSPS) is 0. The van der Waals surface area contributed by atoms with Crippen LogP contribution in [0.4, 0.5) is 0 Å². The molecule has 0 rings (SSSR count). The smallest absolute Gasteiger partial charge is 0 e. The Labute approximate surface area is 105 Å². The molecule has 0 bridgehead atoms. The van der Waals surface area contributed by atoms with Gasteiger partial charge in [0.15, 0.2) is 0 Å². The van der Waals surface area contributed by atoms with E-state index in [0.717, 1.165) is 0 Å². The van der Waals surface area contributed by atoms with Crippen molar-refractivity contribution in [1.82, 2.24) is 0 Å². The van der Waals surface area contributed by atoms with Crippen LogP contribution in [0.25, 0.3) is 0 Å². The first-order chi connectivity index (χ1) is 0. The van der Waals surface area contributed by atoms with Crippen LogP contribution in [0.3, 0.4) is 0 Å². The largest absolute Gasteiger partial charge is 0.412 e. The average Bonchev–Trinajstić information content (AvgIpc) is 0. The van der Waals surface area contributed by atoms with E-state index in [1.54, 1.807) is 0 Å². The van der Waals surface area contributed by atoms with Gasteiger partial charge in [-0.25, -0.2) is 0 Å². The van der Waals surface area contributed by atoms with Crippen LogP contribution < -0.4 is 0 Å². The standard InChI is InChI=1S/Ce.Mn.Ni.H2O.Zr/h;;;1H2;. The predicted molar refractivity (Wildman–Crippen MR) is 3.61 cm³/mol. The van der Waals surface area contributed by atoms with Gasteiger partial charge < -0.3 is 5.48 Å². The first kappa shape index (κ1) is 41.2. The number of hydrogen-bond donors (Lipinski definition) is 0. The zero-order valence-electron chi connectivity index (χ0n) is 2.19. The first-order valence-electron chi connectivity index (χ1n) is 0. The third kappa shape index (κ3) is 19.0. The van der Waals surface area contributed by atoms with Crippen LogP contribution in [0.2, 0.25) is 0 Å². The minimum Gasteiger partial charge on any atom is -0.412 e. The maximum Gasteiger partial charge on any atom is 0 e. The molecule has 0 unspecified atom stereocenters.